The van der Waals surface area contributed by atoms with E-state index in [4.69, 9.17) is 7.85 Å². The van der Waals surface area contributed by atoms with Crippen molar-refractivity contribution in [2.75, 3.05) is 0 Å². The molecule has 0 fully saturated rings. The highest BCUT2D eigenvalue weighted by atomic mass is 16.1. The molecule has 0 aromatic rings. The molecule has 1 nitrogen and oxygen atoms in total. The van der Waals surface area contributed by atoms with Gasteiger partial charge in [0.25, 0.3) is 0 Å². The lowest BCUT2D eigenvalue weighted by atomic mass is 9.92. The first-order valence-electron chi connectivity index (χ1n) is 2.70. The Labute approximate surface area is 50.2 Å². The van der Waals surface area contributed by atoms with Crippen LogP contribution >= 0.6 is 0 Å². The van der Waals surface area contributed by atoms with Crippen molar-refractivity contribution in [2.24, 2.45) is 0 Å². The fraction of sp³-hybridized carbons (Fsp3) is 0.500. The zero-order chi connectivity index (χ0) is 6.15. The van der Waals surface area contributed by atoms with Gasteiger partial charge in [0.1, 0.15) is 13.6 Å². The molecule has 0 atom stereocenters. The third-order valence-corrected chi connectivity index (χ3v) is 1.49. The molecule has 0 saturated heterocycles. The second-order valence-electron chi connectivity index (χ2n) is 2.12. The number of carbonyl (C=O) groups excluding carboxylic acids is 1. The number of Topliss-reactive ketones (excluding diaryl/α,β-unsaturated/α-hetero) is 1. The summed E-state index contributed by atoms with van der Waals surface area (Å²) < 4.78 is 0. The highest BCUT2D eigenvalue weighted by molar-refractivity contribution is 6.38. The van der Waals surface area contributed by atoms with Gasteiger partial charge in [0.05, 0.1) is 0 Å². The molecule has 1 rings (SSSR count). The smallest absolute Gasteiger partial charge is 0.148 e. The summed E-state index contributed by atoms with van der Waals surface area (Å²) in [5.74, 6) is 0.113. The quantitative estimate of drug-likeness (QED) is 0.417. The zero-order valence-electron chi connectivity index (χ0n) is 4.90. The van der Waals surface area contributed by atoms with E-state index in [1.807, 2.05) is 6.92 Å². The molecule has 2 radical (unpaired) electrons. The second kappa shape index (κ2) is 1.77. The van der Waals surface area contributed by atoms with Crippen LogP contribution in [0, 0.1) is 0 Å². The molecule has 0 amide bonds. The molecule has 8 heavy (non-hydrogen) atoms. The summed E-state index contributed by atoms with van der Waals surface area (Å²) in [6.45, 7) is 1.90. The zero-order valence-corrected chi connectivity index (χ0v) is 4.90. The van der Waals surface area contributed by atoms with Crippen LogP contribution < -0.4 is 0 Å². The lowest BCUT2D eigenvalue weighted by molar-refractivity contribution is -0.114. The summed E-state index contributed by atoms with van der Waals surface area (Å²) in [5, 5.41) is 0. The Balaban J connectivity index is 2.86. The van der Waals surface area contributed by atoms with Gasteiger partial charge >= 0.3 is 0 Å². The van der Waals surface area contributed by atoms with E-state index in [-0.39, 0.29) is 5.78 Å². The highest BCUT2D eigenvalue weighted by Gasteiger charge is 2.13. The summed E-state index contributed by atoms with van der Waals surface area (Å²) in [6, 6.07) is 0. The first-order chi connectivity index (χ1) is 3.72. The topological polar surface area (TPSA) is 17.1 Å². The highest BCUT2D eigenvalue weighted by Crippen LogP contribution is 2.18. The molecule has 0 N–H and O–H groups in total. The SMILES string of the molecule is [B]C1=C(C)CCC1=O. The molecule has 0 aromatic heterocycles. The Hall–Kier alpha value is -0.525. The summed E-state index contributed by atoms with van der Waals surface area (Å²) in [5.41, 5.74) is 1.54. The van der Waals surface area contributed by atoms with E-state index in [2.05, 4.69) is 0 Å². The Morgan fingerprint density at radius 3 is 2.25 bits per heavy atom. The van der Waals surface area contributed by atoms with Crippen LogP contribution in [0.25, 0.3) is 0 Å². The van der Waals surface area contributed by atoms with Gasteiger partial charge in [-0.3, -0.25) is 4.79 Å². The maximum atomic E-state index is 10.6. The standard InChI is InChI=1S/C6H7BO/c1-4-2-3-5(8)6(4)7/h2-3H2,1H3. The predicted octanol–water partition coefficient (Wildman–Crippen LogP) is 0.792. The average molecular weight is 106 g/mol. The van der Waals surface area contributed by atoms with Gasteiger partial charge in [0.2, 0.25) is 0 Å². The van der Waals surface area contributed by atoms with E-state index in [1.165, 1.54) is 0 Å². The first kappa shape index (κ1) is 5.61. The molecule has 0 aliphatic heterocycles. The summed E-state index contributed by atoms with van der Waals surface area (Å²) >= 11 is 0. The van der Waals surface area contributed by atoms with E-state index >= 15 is 0 Å². The van der Waals surface area contributed by atoms with Crippen molar-refractivity contribution >= 4 is 13.6 Å². The average Bonchev–Trinajstić information content (AvgIpc) is 1.98. The van der Waals surface area contributed by atoms with Gasteiger partial charge in [0, 0.05) is 6.42 Å². The van der Waals surface area contributed by atoms with Crippen molar-refractivity contribution in [1.82, 2.24) is 0 Å². The number of hydrogen-bond acceptors (Lipinski definition) is 1. The maximum absolute atomic E-state index is 10.6. The van der Waals surface area contributed by atoms with Gasteiger partial charge < -0.3 is 0 Å². The maximum Gasteiger partial charge on any atom is 0.148 e. The molecule has 1 aliphatic carbocycles. The van der Waals surface area contributed by atoms with Gasteiger partial charge in [-0.25, -0.2) is 0 Å². The lowest BCUT2D eigenvalue weighted by Gasteiger charge is -1.87. The Morgan fingerprint density at radius 1 is 1.50 bits per heavy atom. The fourth-order valence-electron chi connectivity index (χ4n) is 0.808. The van der Waals surface area contributed by atoms with E-state index in [0.29, 0.717) is 11.9 Å². The van der Waals surface area contributed by atoms with Crippen LogP contribution in [0.3, 0.4) is 0 Å². The molecular weight excluding hydrogens is 98.9 g/mol. The summed E-state index contributed by atoms with van der Waals surface area (Å²) in [4.78, 5) is 10.6. The van der Waals surface area contributed by atoms with E-state index < -0.39 is 0 Å². The Morgan fingerprint density at radius 2 is 2.12 bits per heavy atom. The number of ketones is 1. The number of carbonyl (C=O) groups is 1. The van der Waals surface area contributed by atoms with Crippen LogP contribution in [0.4, 0.5) is 0 Å². The minimum atomic E-state index is 0.113. The van der Waals surface area contributed by atoms with Gasteiger partial charge in [-0.1, -0.05) is 11.0 Å². The van der Waals surface area contributed by atoms with Gasteiger partial charge in [-0.15, -0.1) is 0 Å². The van der Waals surface area contributed by atoms with Gasteiger partial charge in [0.15, 0.2) is 0 Å². The van der Waals surface area contributed by atoms with Crippen LogP contribution in [0.2, 0.25) is 0 Å². The molecule has 0 heterocycles. The second-order valence-corrected chi connectivity index (χ2v) is 2.12. The van der Waals surface area contributed by atoms with Crippen LogP contribution in [-0.4, -0.2) is 13.6 Å². The van der Waals surface area contributed by atoms with E-state index in [9.17, 15) is 4.79 Å². The molecule has 0 spiro atoms. The summed E-state index contributed by atoms with van der Waals surface area (Å²) in [7, 11) is 5.35. The van der Waals surface area contributed by atoms with Crippen LogP contribution in [0.5, 0.6) is 0 Å². The van der Waals surface area contributed by atoms with Crippen molar-refractivity contribution in [3.63, 3.8) is 0 Å². The lowest BCUT2D eigenvalue weighted by Crippen LogP contribution is -1.93. The van der Waals surface area contributed by atoms with Gasteiger partial charge in [-0.05, 0) is 13.3 Å². The Kier molecular flexibility index (Phi) is 1.24. The molecule has 1 aliphatic rings. The first-order valence-corrected chi connectivity index (χ1v) is 2.70. The minimum Gasteiger partial charge on any atom is -0.296 e. The third kappa shape index (κ3) is 0.704. The van der Waals surface area contributed by atoms with Crippen molar-refractivity contribution in [3.8, 4) is 0 Å². The predicted molar refractivity (Wildman–Crippen MR) is 32.7 cm³/mol. The third-order valence-electron chi connectivity index (χ3n) is 1.49. The van der Waals surface area contributed by atoms with Crippen molar-refractivity contribution in [3.05, 3.63) is 11.0 Å². The Bertz CT molecular complexity index is 158. The van der Waals surface area contributed by atoms with E-state index in [1.54, 1.807) is 0 Å². The number of allylic oxidation sites excluding steroid dienone is 2. The van der Waals surface area contributed by atoms with E-state index in [0.717, 1.165) is 12.0 Å². The monoisotopic (exact) mass is 106 g/mol. The van der Waals surface area contributed by atoms with Crippen molar-refractivity contribution in [2.45, 2.75) is 19.8 Å². The van der Waals surface area contributed by atoms with Crippen molar-refractivity contribution < 1.29 is 4.79 Å². The molecule has 40 valence electrons. The normalized spacial score (nSPS) is 20.4. The molecule has 0 unspecified atom stereocenters. The molecule has 0 aromatic carbocycles. The fourth-order valence-corrected chi connectivity index (χ4v) is 0.808. The van der Waals surface area contributed by atoms with Gasteiger partial charge in [-0.2, -0.15) is 0 Å². The summed E-state index contributed by atoms with van der Waals surface area (Å²) in [6.07, 6.45) is 1.49. The largest absolute Gasteiger partial charge is 0.296 e. The molecule has 0 saturated carbocycles. The van der Waals surface area contributed by atoms with Crippen LogP contribution in [0.1, 0.15) is 19.8 Å². The number of rotatable bonds is 0. The van der Waals surface area contributed by atoms with Crippen LogP contribution in [0.15, 0.2) is 11.0 Å². The van der Waals surface area contributed by atoms with Crippen LogP contribution in [-0.2, 0) is 4.79 Å². The molecule has 0 bridgehead atoms. The molecule has 2 heteroatoms. The van der Waals surface area contributed by atoms with Crippen molar-refractivity contribution in [1.29, 1.82) is 0 Å². The molecular formula is C6H7BO. The number of hydrogen-bond donors (Lipinski definition) is 0. The minimum absolute atomic E-state index is 0.113.